The summed E-state index contributed by atoms with van der Waals surface area (Å²) >= 11 is 0. The quantitative estimate of drug-likeness (QED) is 0.801. The first kappa shape index (κ1) is 14.0. The van der Waals surface area contributed by atoms with Crippen LogP contribution in [-0.4, -0.2) is 22.8 Å². The van der Waals surface area contributed by atoms with Crippen LogP contribution < -0.4 is 0 Å². The molecule has 2 heterocycles. The van der Waals surface area contributed by atoms with Gasteiger partial charge in [-0.1, -0.05) is 62.4 Å². The highest BCUT2D eigenvalue weighted by molar-refractivity contribution is 6.04. The van der Waals surface area contributed by atoms with Crippen LogP contribution in [0.4, 0.5) is 0 Å². The molecule has 4 rings (SSSR count). The molecule has 116 valence electrons. The van der Waals surface area contributed by atoms with Gasteiger partial charge < -0.3 is 4.74 Å². The van der Waals surface area contributed by atoms with E-state index in [1.54, 1.807) is 11.0 Å². The van der Waals surface area contributed by atoms with Crippen LogP contribution in [0.15, 0.2) is 54.6 Å². The van der Waals surface area contributed by atoms with Crippen molar-refractivity contribution in [2.75, 3.05) is 0 Å². The van der Waals surface area contributed by atoms with Crippen molar-refractivity contribution in [2.24, 2.45) is 5.92 Å². The number of amides is 1. The molecular formula is C19H17NO3. The Morgan fingerprint density at radius 2 is 1.65 bits per heavy atom. The van der Waals surface area contributed by atoms with Crippen molar-refractivity contribution in [3.8, 4) is 0 Å². The largest absolute Gasteiger partial charge is 0.428 e. The number of esters is 1. The third-order valence-electron chi connectivity index (χ3n) is 4.65. The molecule has 4 nitrogen and oxygen atoms in total. The third kappa shape index (κ3) is 1.66. The van der Waals surface area contributed by atoms with Gasteiger partial charge >= 0.3 is 5.97 Å². The maximum atomic E-state index is 13.0. The van der Waals surface area contributed by atoms with Crippen LogP contribution in [0.5, 0.6) is 0 Å². The van der Waals surface area contributed by atoms with Crippen molar-refractivity contribution in [1.82, 2.24) is 4.90 Å². The summed E-state index contributed by atoms with van der Waals surface area (Å²) in [5.41, 5.74) is 1.01. The fourth-order valence-electron chi connectivity index (χ4n) is 3.69. The predicted molar refractivity (Wildman–Crippen MR) is 84.6 cm³/mol. The molecule has 2 unspecified atom stereocenters. The molecular weight excluding hydrogens is 290 g/mol. The van der Waals surface area contributed by atoms with E-state index in [1.165, 1.54) is 0 Å². The Labute approximate surface area is 134 Å². The SMILES string of the molecule is CC(C)C1C(=O)OC2(c3ccccc3)c3ccccc3C(=O)N12. The van der Waals surface area contributed by atoms with Gasteiger partial charge in [0.1, 0.15) is 6.04 Å². The zero-order valence-electron chi connectivity index (χ0n) is 13.0. The number of nitrogens with zero attached hydrogens (tertiary/aromatic N) is 1. The summed E-state index contributed by atoms with van der Waals surface area (Å²) < 4.78 is 5.90. The lowest BCUT2D eigenvalue weighted by molar-refractivity contribution is -0.149. The predicted octanol–water partition coefficient (Wildman–Crippen LogP) is 2.92. The zero-order chi connectivity index (χ0) is 16.2. The lowest BCUT2D eigenvalue weighted by atomic mass is 9.93. The highest BCUT2D eigenvalue weighted by Crippen LogP contribution is 2.51. The van der Waals surface area contributed by atoms with Crippen molar-refractivity contribution in [2.45, 2.75) is 25.6 Å². The topological polar surface area (TPSA) is 46.6 Å². The van der Waals surface area contributed by atoms with Crippen molar-refractivity contribution < 1.29 is 14.3 Å². The standard InChI is InChI=1S/C19H17NO3/c1-12(2)16-18(22)23-19(13-8-4-3-5-9-13)15-11-7-6-10-14(15)17(21)20(16)19/h3-12,16H,1-2H3. The highest BCUT2D eigenvalue weighted by Gasteiger charge is 2.63. The molecule has 2 aliphatic rings. The van der Waals surface area contributed by atoms with Crippen molar-refractivity contribution >= 4 is 11.9 Å². The van der Waals surface area contributed by atoms with E-state index in [0.717, 1.165) is 11.1 Å². The molecule has 2 atom stereocenters. The molecule has 4 heteroatoms. The van der Waals surface area contributed by atoms with Crippen LogP contribution in [0.25, 0.3) is 0 Å². The summed E-state index contributed by atoms with van der Waals surface area (Å²) in [5, 5.41) is 0. The van der Waals surface area contributed by atoms with Gasteiger partial charge in [0, 0.05) is 16.7 Å². The molecule has 23 heavy (non-hydrogen) atoms. The number of fused-ring (bicyclic) bond motifs is 3. The lowest BCUT2D eigenvalue weighted by Crippen LogP contribution is -2.46. The van der Waals surface area contributed by atoms with Crippen LogP contribution in [0.1, 0.15) is 35.3 Å². The highest BCUT2D eigenvalue weighted by atomic mass is 16.6. The van der Waals surface area contributed by atoms with Gasteiger partial charge in [-0.3, -0.25) is 9.69 Å². The Hall–Kier alpha value is -2.62. The normalized spacial score (nSPS) is 25.5. The van der Waals surface area contributed by atoms with Gasteiger partial charge in [0.05, 0.1) is 0 Å². The first-order chi connectivity index (χ1) is 11.1. The Kier molecular flexibility index (Phi) is 2.85. The van der Waals surface area contributed by atoms with Gasteiger partial charge in [0.2, 0.25) is 5.72 Å². The van der Waals surface area contributed by atoms with Crippen molar-refractivity contribution in [1.29, 1.82) is 0 Å². The van der Waals surface area contributed by atoms with Crippen LogP contribution >= 0.6 is 0 Å². The van der Waals surface area contributed by atoms with Gasteiger partial charge in [-0.05, 0) is 12.0 Å². The minimum absolute atomic E-state index is 0.0219. The van der Waals surface area contributed by atoms with Crippen LogP contribution in [0, 0.1) is 5.92 Å². The molecule has 2 aliphatic heterocycles. The Balaban J connectivity index is 2.03. The molecule has 1 saturated heterocycles. The number of ether oxygens (including phenoxy) is 1. The number of carbonyl (C=O) groups excluding carboxylic acids is 2. The van der Waals surface area contributed by atoms with E-state index in [2.05, 4.69) is 0 Å². The summed E-state index contributed by atoms with van der Waals surface area (Å²) in [4.78, 5) is 27.2. The molecule has 1 fully saturated rings. The summed E-state index contributed by atoms with van der Waals surface area (Å²) in [6, 6.07) is 16.3. The second-order valence-electron chi connectivity index (χ2n) is 6.34. The summed E-state index contributed by atoms with van der Waals surface area (Å²) in [6.07, 6.45) is 0. The number of carbonyl (C=O) groups is 2. The molecule has 0 N–H and O–H groups in total. The number of hydrogen-bond acceptors (Lipinski definition) is 3. The average Bonchev–Trinajstić information content (AvgIpc) is 3.00. The van der Waals surface area contributed by atoms with Crippen molar-refractivity contribution in [3.05, 3.63) is 71.3 Å². The van der Waals surface area contributed by atoms with E-state index in [-0.39, 0.29) is 17.8 Å². The zero-order valence-corrected chi connectivity index (χ0v) is 13.0. The van der Waals surface area contributed by atoms with Crippen LogP contribution in [0.3, 0.4) is 0 Å². The smallest absolute Gasteiger partial charge is 0.331 e. The first-order valence-corrected chi connectivity index (χ1v) is 7.79. The molecule has 1 amide bonds. The molecule has 0 aliphatic carbocycles. The Morgan fingerprint density at radius 3 is 2.35 bits per heavy atom. The van der Waals surface area contributed by atoms with Crippen LogP contribution in [0.2, 0.25) is 0 Å². The Bertz CT molecular complexity index is 799. The molecule has 0 radical (unpaired) electrons. The second-order valence-corrected chi connectivity index (χ2v) is 6.34. The maximum Gasteiger partial charge on any atom is 0.331 e. The summed E-state index contributed by atoms with van der Waals surface area (Å²) in [7, 11) is 0. The van der Waals surface area contributed by atoms with E-state index < -0.39 is 11.8 Å². The first-order valence-electron chi connectivity index (χ1n) is 7.79. The minimum atomic E-state index is -1.14. The van der Waals surface area contributed by atoms with Gasteiger partial charge in [-0.2, -0.15) is 0 Å². The molecule has 2 aromatic carbocycles. The fourth-order valence-corrected chi connectivity index (χ4v) is 3.69. The van der Waals surface area contributed by atoms with Gasteiger partial charge in [-0.15, -0.1) is 0 Å². The van der Waals surface area contributed by atoms with E-state index in [9.17, 15) is 9.59 Å². The molecule has 0 saturated carbocycles. The lowest BCUT2D eigenvalue weighted by Gasteiger charge is -2.33. The third-order valence-corrected chi connectivity index (χ3v) is 4.65. The fraction of sp³-hybridized carbons (Fsp3) is 0.263. The summed E-state index contributed by atoms with van der Waals surface area (Å²) in [5.74, 6) is -0.507. The maximum absolute atomic E-state index is 13.0. The molecule has 0 spiro atoms. The van der Waals surface area contributed by atoms with Gasteiger partial charge in [-0.25, -0.2) is 4.79 Å². The van der Waals surface area contributed by atoms with Crippen LogP contribution in [-0.2, 0) is 15.3 Å². The summed E-state index contributed by atoms with van der Waals surface area (Å²) in [6.45, 7) is 3.87. The number of hydrogen-bond donors (Lipinski definition) is 0. The van der Waals surface area contributed by atoms with E-state index in [1.807, 2.05) is 62.4 Å². The number of rotatable bonds is 2. The van der Waals surface area contributed by atoms with Gasteiger partial charge in [0.15, 0.2) is 0 Å². The minimum Gasteiger partial charge on any atom is -0.428 e. The molecule has 2 aromatic rings. The van der Waals surface area contributed by atoms with E-state index in [0.29, 0.717) is 5.56 Å². The Morgan fingerprint density at radius 1 is 1.00 bits per heavy atom. The van der Waals surface area contributed by atoms with Gasteiger partial charge in [0.25, 0.3) is 5.91 Å². The molecule has 0 bridgehead atoms. The van der Waals surface area contributed by atoms with E-state index in [4.69, 9.17) is 4.74 Å². The average molecular weight is 307 g/mol. The van der Waals surface area contributed by atoms with Crippen molar-refractivity contribution in [3.63, 3.8) is 0 Å². The molecule has 0 aromatic heterocycles. The van der Waals surface area contributed by atoms with E-state index >= 15 is 0 Å². The number of benzene rings is 2. The second kappa shape index (κ2) is 4.69. The monoisotopic (exact) mass is 307 g/mol.